The first-order valence-electron chi connectivity index (χ1n) is 6.93. The second-order valence-electron chi connectivity index (χ2n) is 5.05. The second-order valence-corrected chi connectivity index (χ2v) is 7.45. The molecule has 0 aliphatic rings. The van der Waals surface area contributed by atoms with Crippen LogP contribution in [0.25, 0.3) is 0 Å². The molecule has 126 valence electrons. The zero-order valence-electron chi connectivity index (χ0n) is 12.7. The number of carbonyl (C=O) groups is 2. The van der Waals surface area contributed by atoms with Gasteiger partial charge in [0.25, 0.3) is 11.8 Å². The number of rotatable bonds is 4. The van der Waals surface area contributed by atoms with E-state index in [1.807, 2.05) is 6.92 Å². The van der Waals surface area contributed by atoms with Gasteiger partial charge in [-0.15, -0.1) is 0 Å². The number of benzene rings is 2. The lowest BCUT2D eigenvalue weighted by molar-refractivity contribution is -0.119. The van der Waals surface area contributed by atoms with Gasteiger partial charge < -0.3 is 0 Å². The van der Waals surface area contributed by atoms with E-state index < -0.39 is 27.4 Å². The van der Waals surface area contributed by atoms with E-state index in [9.17, 15) is 18.0 Å². The summed E-state index contributed by atoms with van der Waals surface area (Å²) < 4.78 is 24.3. The summed E-state index contributed by atoms with van der Waals surface area (Å²) in [6.45, 7) is 1.83. The lowest BCUT2D eigenvalue weighted by Gasteiger charge is -2.09. The van der Waals surface area contributed by atoms with Gasteiger partial charge in [0.05, 0.1) is 15.5 Å². The van der Waals surface area contributed by atoms with E-state index >= 15 is 0 Å². The molecule has 24 heavy (non-hydrogen) atoms. The largest absolute Gasteiger partial charge is 0.272 e. The summed E-state index contributed by atoms with van der Waals surface area (Å²) in [4.78, 5) is 23.7. The topological polar surface area (TPSA) is 92.3 Å². The summed E-state index contributed by atoms with van der Waals surface area (Å²) in [6.07, 6.45) is 0. The SMILES string of the molecule is Cc1ccc(S(=O)(=O)CC(=O)NNC(=O)c2ccccc2Cl)cc1. The molecule has 2 N–H and O–H groups in total. The van der Waals surface area contributed by atoms with Crippen LogP contribution in [0.3, 0.4) is 0 Å². The molecule has 2 amide bonds. The minimum Gasteiger partial charge on any atom is -0.272 e. The third-order valence-corrected chi connectivity index (χ3v) is 5.10. The van der Waals surface area contributed by atoms with Gasteiger partial charge in [-0.05, 0) is 31.2 Å². The fraction of sp³-hybridized carbons (Fsp3) is 0.125. The lowest BCUT2D eigenvalue weighted by atomic mass is 10.2. The van der Waals surface area contributed by atoms with E-state index in [1.165, 1.54) is 24.3 Å². The van der Waals surface area contributed by atoms with Gasteiger partial charge in [0.1, 0.15) is 5.75 Å². The van der Waals surface area contributed by atoms with Gasteiger partial charge in [0, 0.05) is 0 Å². The van der Waals surface area contributed by atoms with Crippen LogP contribution in [0.4, 0.5) is 0 Å². The van der Waals surface area contributed by atoms with Crippen molar-refractivity contribution in [2.24, 2.45) is 0 Å². The third kappa shape index (κ3) is 4.56. The summed E-state index contributed by atoms with van der Waals surface area (Å²) >= 11 is 5.86. The maximum absolute atomic E-state index is 12.1. The van der Waals surface area contributed by atoms with E-state index in [0.717, 1.165) is 5.56 Å². The number of nitrogens with one attached hydrogen (secondary N) is 2. The van der Waals surface area contributed by atoms with Crippen LogP contribution in [0.2, 0.25) is 5.02 Å². The molecule has 0 saturated heterocycles. The van der Waals surface area contributed by atoms with Gasteiger partial charge in [0.15, 0.2) is 9.84 Å². The normalized spacial score (nSPS) is 10.9. The fourth-order valence-corrected chi connectivity index (χ4v) is 3.23. The van der Waals surface area contributed by atoms with Crippen LogP contribution in [0.15, 0.2) is 53.4 Å². The molecule has 0 saturated carbocycles. The molecule has 0 aliphatic carbocycles. The Kier molecular flexibility index (Phi) is 5.58. The Morgan fingerprint density at radius 3 is 2.25 bits per heavy atom. The highest BCUT2D eigenvalue weighted by molar-refractivity contribution is 7.92. The van der Waals surface area contributed by atoms with Crippen LogP contribution in [0.1, 0.15) is 15.9 Å². The van der Waals surface area contributed by atoms with Crippen molar-refractivity contribution in [1.29, 1.82) is 0 Å². The molecular formula is C16H15ClN2O4S. The highest BCUT2D eigenvalue weighted by Gasteiger charge is 2.20. The van der Waals surface area contributed by atoms with Gasteiger partial charge in [-0.1, -0.05) is 41.4 Å². The summed E-state index contributed by atoms with van der Waals surface area (Å²) in [7, 11) is -3.79. The van der Waals surface area contributed by atoms with E-state index in [4.69, 9.17) is 11.6 Å². The second kappa shape index (κ2) is 7.46. The smallest absolute Gasteiger partial charge is 0.271 e. The first kappa shape index (κ1) is 18.0. The Balaban J connectivity index is 1.97. The van der Waals surface area contributed by atoms with Gasteiger partial charge in [-0.3, -0.25) is 20.4 Å². The predicted octanol–water partition coefficient (Wildman–Crippen LogP) is 1.88. The molecule has 0 radical (unpaired) electrons. The molecule has 2 aromatic carbocycles. The van der Waals surface area contributed by atoms with E-state index in [2.05, 4.69) is 10.9 Å². The lowest BCUT2D eigenvalue weighted by Crippen LogP contribution is -2.44. The molecule has 0 unspecified atom stereocenters. The van der Waals surface area contributed by atoms with Crippen molar-refractivity contribution < 1.29 is 18.0 Å². The maximum atomic E-state index is 12.1. The Bertz CT molecular complexity index is 864. The quantitative estimate of drug-likeness (QED) is 0.808. The highest BCUT2D eigenvalue weighted by Crippen LogP contribution is 2.14. The molecule has 8 heteroatoms. The van der Waals surface area contributed by atoms with Crippen molar-refractivity contribution in [3.63, 3.8) is 0 Å². The van der Waals surface area contributed by atoms with Crippen molar-refractivity contribution in [2.45, 2.75) is 11.8 Å². The monoisotopic (exact) mass is 366 g/mol. The first-order valence-corrected chi connectivity index (χ1v) is 8.96. The standard InChI is InChI=1S/C16H15ClN2O4S/c1-11-6-8-12(9-7-11)24(22,23)10-15(20)18-19-16(21)13-4-2-3-5-14(13)17/h2-9H,10H2,1H3,(H,18,20)(H,19,21). The minimum absolute atomic E-state index is 0.0423. The number of amides is 2. The maximum Gasteiger partial charge on any atom is 0.271 e. The Morgan fingerprint density at radius 2 is 1.62 bits per heavy atom. The summed E-state index contributed by atoms with van der Waals surface area (Å²) in [6, 6.07) is 12.4. The van der Waals surface area contributed by atoms with Crippen molar-refractivity contribution in [3.8, 4) is 0 Å². The molecule has 0 heterocycles. The molecule has 2 rings (SSSR count). The fourth-order valence-electron chi connectivity index (χ4n) is 1.88. The third-order valence-electron chi connectivity index (χ3n) is 3.14. The highest BCUT2D eigenvalue weighted by atomic mass is 35.5. The van der Waals surface area contributed by atoms with Crippen molar-refractivity contribution in [3.05, 3.63) is 64.7 Å². The van der Waals surface area contributed by atoms with Gasteiger partial charge in [-0.25, -0.2) is 8.42 Å². The van der Waals surface area contributed by atoms with E-state index in [1.54, 1.807) is 24.3 Å². The van der Waals surface area contributed by atoms with Gasteiger partial charge in [0.2, 0.25) is 0 Å². The van der Waals surface area contributed by atoms with Crippen LogP contribution in [0.5, 0.6) is 0 Å². The van der Waals surface area contributed by atoms with Crippen molar-refractivity contribution in [1.82, 2.24) is 10.9 Å². The number of aryl methyl sites for hydroxylation is 1. The molecule has 2 aromatic rings. The molecule has 0 bridgehead atoms. The van der Waals surface area contributed by atoms with E-state index in [-0.39, 0.29) is 15.5 Å². The van der Waals surface area contributed by atoms with Crippen LogP contribution in [-0.4, -0.2) is 26.0 Å². The molecular weight excluding hydrogens is 352 g/mol. The molecule has 0 aromatic heterocycles. The number of sulfone groups is 1. The Hall–Kier alpha value is -2.38. The molecule has 0 aliphatic heterocycles. The van der Waals surface area contributed by atoms with Crippen molar-refractivity contribution >= 4 is 33.3 Å². The summed E-state index contributed by atoms with van der Waals surface area (Å²) in [5.74, 6) is -2.27. The first-order chi connectivity index (χ1) is 11.3. The van der Waals surface area contributed by atoms with Gasteiger partial charge >= 0.3 is 0 Å². The van der Waals surface area contributed by atoms with Crippen LogP contribution in [-0.2, 0) is 14.6 Å². The van der Waals surface area contributed by atoms with E-state index in [0.29, 0.717) is 0 Å². The van der Waals surface area contributed by atoms with Crippen LogP contribution in [0, 0.1) is 6.92 Å². The zero-order valence-corrected chi connectivity index (χ0v) is 14.3. The zero-order chi connectivity index (χ0) is 17.7. The molecule has 0 atom stereocenters. The number of carbonyl (C=O) groups excluding carboxylic acids is 2. The van der Waals surface area contributed by atoms with Crippen molar-refractivity contribution in [2.75, 3.05) is 5.75 Å². The summed E-state index contributed by atoms with van der Waals surface area (Å²) in [5.41, 5.74) is 5.28. The molecule has 6 nitrogen and oxygen atoms in total. The summed E-state index contributed by atoms with van der Waals surface area (Å²) in [5, 5.41) is 0.219. The average molecular weight is 367 g/mol. The Morgan fingerprint density at radius 1 is 1.00 bits per heavy atom. The van der Waals surface area contributed by atoms with Crippen LogP contribution < -0.4 is 10.9 Å². The predicted molar refractivity (Wildman–Crippen MR) is 90.3 cm³/mol. The number of hydrogen-bond donors (Lipinski definition) is 2. The number of hydrazine groups is 1. The van der Waals surface area contributed by atoms with Crippen LogP contribution >= 0.6 is 11.6 Å². The minimum atomic E-state index is -3.79. The Labute approximate surface area is 144 Å². The number of hydrogen-bond acceptors (Lipinski definition) is 4. The molecule has 0 spiro atoms. The number of halogens is 1. The average Bonchev–Trinajstić information content (AvgIpc) is 2.53. The molecule has 0 fully saturated rings. The van der Waals surface area contributed by atoms with Gasteiger partial charge in [-0.2, -0.15) is 0 Å².